The van der Waals surface area contributed by atoms with Gasteiger partial charge in [-0.2, -0.15) is 0 Å². The average Bonchev–Trinajstić information content (AvgIpc) is 3.10. The van der Waals surface area contributed by atoms with E-state index in [1.54, 1.807) is 11.3 Å². The van der Waals surface area contributed by atoms with Gasteiger partial charge >= 0.3 is 0 Å². The molecular weight excluding hydrogens is 318 g/mol. The summed E-state index contributed by atoms with van der Waals surface area (Å²) in [5, 5.41) is 10.9. The fourth-order valence-corrected chi connectivity index (χ4v) is 3.36. The van der Waals surface area contributed by atoms with Gasteiger partial charge in [-0.15, -0.1) is 21.5 Å². The van der Waals surface area contributed by atoms with Crippen LogP contribution in [0.1, 0.15) is 16.3 Å². The summed E-state index contributed by atoms with van der Waals surface area (Å²) >= 11 is 7.92. The number of hydrogen-bond donors (Lipinski definition) is 0. The number of aromatic nitrogens is 2. The Hall–Kier alpha value is -1.69. The molecular formula is C16H16ClN3OS. The van der Waals surface area contributed by atoms with Gasteiger partial charge in [0.2, 0.25) is 11.8 Å². The van der Waals surface area contributed by atoms with E-state index in [2.05, 4.69) is 33.5 Å². The van der Waals surface area contributed by atoms with Crippen molar-refractivity contribution in [2.75, 3.05) is 7.05 Å². The molecule has 0 atom stereocenters. The van der Waals surface area contributed by atoms with Crippen LogP contribution in [0.15, 0.2) is 40.1 Å². The zero-order chi connectivity index (χ0) is 15.5. The van der Waals surface area contributed by atoms with Crippen LogP contribution in [0.25, 0.3) is 11.5 Å². The van der Waals surface area contributed by atoms with Crippen LogP contribution in [0.5, 0.6) is 0 Å². The number of rotatable bonds is 5. The lowest BCUT2D eigenvalue weighted by Crippen LogP contribution is -2.17. The van der Waals surface area contributed by atoms with Crippen LogP contribution in [0.2, 0.25) is 5.02 Å². The van der Waals surface area contributed by atoms with Crippen molar-refractivity contribution in [1.82, 2.24) is 15.1 Å². The molecule has 0 spiro atoms. The summed E-state index contributed by atoms with van der Waals surface area (Å²) in [5.74, 6) is 1.05. The second kappa shape index (κ2) is 6.60. The number of hydrogen-bond acceptors (Lipinski definition) is 5. The predicted molar refractivity (Wildman–Crippen MR) is 89.0 cm³/mol. The van der Waals surface area contributed by atoms with Gasteiger partial charge in [-0.3, -0.25) is 4.90 Å². The van der Waals surface area contributed by atoms with Crippen LogP contribution < -0.4 is 0 Å². The minimum Gasteiger partial charge on any atom is -0.419 e. The maximum Gasteiger partial charge on any atom is 0.249 e. The summed E-state index contributed by atoms with van der Waals surface area (Å²) in [5.41, 5.74) is 2.08. The minimum absolute atomic E-state index is 0.460. The highest BCUT2D eigenvalue weighted by molar-refractivity contribution is 7.10. The normalized spacial score (nSPS) is 11.3. The number of aryl methyl sites for hydroxylation is 1. The third kappa shape index (κ3) is 3.38. The molecule has 114 valence electrons. The standard InChI is InChI=1S/C16H16ClN3OS/c1-11-7-8-22-14(11)9-20(2)10-15-18-19-16(21-15)12-5-3-4-6-13(12)17/h3-8H,9-10H2,1-2H3. The summed E-state index contributed by atoms with van der Waals surface area (Å²) in [6, 6.07) is 9.60. The molecule has 0 saturated carbocycles. The first-order chi connectivity index (χ1) is 10.6. The Bertz CT molecular complexity index is 768. The third-order valence-corrected chi connectivity index (χ3v) is 4.70. The quantitative estimate of drug-likeness (QED) is 0.694. The van der Waals surface area contributed by atoms with Crippen LogP contribution in [0.3, 0.4) is 0 Å². The van der Waals surface area contributed by atoms with E-state index in [0.717, 1.165) is 12.1 Å². The summed E-state index contributed by atoms with van der Waals surface area (Å²) in [7, 11) is 2.04. The summed E-state index contributed by atoms with van der Waals surface area (Å²) in [6.07, 6.45) is 0. The molecule has 0 amide bonds. The van der Waals surface area contributed by atoms with Gasteiger partial charge in [0.1, 0.15) is 0 Å². The molecule has 0 saturated heterocycles. The molecule has 0 N–H and O–H groups in total. The molecule has 22 heavy (non-hydrogen) atoms. The Kier molecular flexibility index (Phi) is 4.57. The molecule has 6 heteroatoms. The molecule has 0 aliphatic rings. The Morgan fingerprint density at radius 3 is 2.73 bits per heavy atom. The minimum atomic E-state index is 0.460. The van der Waals surface area contributed by atoms with E-state index >= 15 is 0 Å². The number of nitrogens with zero attached hydrogens (tertiary/aromatic N) is 3. The van der Waals surface area contributed by atoms with Gasteiger partial charge in [0, 0.05) is 11.4 Å². The van der Waals surface area contributed by atoms with Crippen LogP contribution in [0, 0.1) is 6.92 Å². The van der Waals surface area contributed by atoms with Crippen LogP contribution in [-0.2, 0) is 13.1 Å². The number of benzene rings is 1. The van der Waals surface area contributed by atoms with E-state index in [1.165, 1.54) is 10.4 Å². The van der Waals surface area contributed by atoms with Crippen LogP contribution >= 0.6 is 22.9 Å². The maximum atomic E-state index is 6.15. The van der Waals surface area contributed by atoms with Gasteiger partial charge < -0.3 is 4.42 Å². The molecule has 0 fully saturated rings. The Morgan fingerprint density at radius 2 is 2.00 bits per heavy atom. The van der Waals surface area contributed by atoms with Crippen LogP contribution in [0.4, 0.5) is 0 Å². The van der Waals surface area contributed by atoms with E-state index in [0.29, 0.717) is 23.3 Å². The van der Waals surface area contributed by atoms with Crippen molar-refractivity contribution in [2.24, 2.45) is 0 Å². The predicted octanol–water partition coefficient (Wildman–Crippen LogP) is 4.39. The molecule has 0 aliphatic carbocycles. The maximum absolute atomic E-state index is 6.15. The fraction of sp³-hybridized carbons (Fsp3) is 0.250. The summed E-state index contributed by atoms with van der Waals surface area (Å²) < 4.78 is 5.73. The molecule has 0 aliphatic heterocycles. The van der Waals surface area contributed by atoms with E-state index in [4.69, 9.17) is 16.0 Å². The Labute approximate surface area is 138 Å². The number of thiophene rings is 1. The van der Waals surface area contributed by atoms with Gasteiger partial charge in [0.25, 0.3) is 0 Å². The van der Waals surface area contributed by atoms with Gasteiger partial charge in [-0.25, -0.2) is 0 Å². The smallest absolute Gasteiger partial charge is 0.249 e. The SMILES string of the molecule is Cc1ccsc1CN(C)Cc1nnc(-c2ccccc2Cl)o1. The monoisotopic (exact) mass is 333 g/mol. The van der Waals surface area contributed by atoms with Gasteiger partial charge in [-0.1, -0.05) is 23.7 Å². The lowest BCUT2D eigenvalue weighted by atomic mass is 10.2. The van der Waals surface area contributed by atoms with Crippen molar-refractivity contribution in [3.8, 4) is 11.5 Å². The highest BCUT2D eigenvalue weighted by Gasteiger charge is 2.13. The Morgan fingerprint density at radius 1 is 1.18 bits per heavy atom. The number of halogens is 1. The molecule has 3 rings (SSSR count). The molecule has 2 heterocycles. The van der Waals surface area contributed by atoms with Gasteiger partial charge in [-0.05, 0) is 43.1 Å². The Balaban J connectivity index is 1.69. The second-order valence-electron chi connectivity index (χ2n) is 5.18. The topological polar surface area (TPSA) is 42.2 Å². The molecule has 2 aromatic heterocycles. The molecule has 3 aromatic rings. The molecule has 0 radical (unpaired) electrons. The molecule has 4 nitrogen and oxygen atoms in total. The van der Waals surface area contributed by atoms with E-state index < -0.39 is 0 Å². The lowest BCUT2D eigenvalue weighted by Gasteiger charge is -2.13. The first kappa shape index (κ1) is 15.2. The van der Waals surface area contributed by atoms with Crippen molar-refractivity contribution >= 4 is 22.9 Å². The van der Waals surface area contributed by atoms with E-state index in [-0.39, 0.29) is 0 Å². The molecule has 0 unspecified atom stereocenters. The second-order valence-corrected chi connectivity index (χ2v) is 6.59. The largest absolute Gasteiger partial charge is 0.419 e. The highest BCUT2D eigenvalue weighted by Crippen LogP contribution is 2.26. The van der Waals surface area contributed by atoms with Crippen molar-refractivity contribution < 1.29 is 4.42 Å². The van der Waals surface area contributed by atoms with Crippen molar-refractivity contribution in [3.05, 3.63) is 57.1 Å². The lowest BCUT2D eigenvalue weighted by molar-refractivity contribution is 0.284. The van der Waals surface area contributed by atoms with E-state index in [9.17, 15) is 0 Å². The zero-order valence-corrected chi connectivity index (χ0v) is 14.0. The first-order valence-electron chi connectivity index (χ1n) is 6.92. The zero-order valence-electron chi connectivity index (χ0n) is 12.4. The third-order valence-electron chi connectivity index (χ3n) is 3.36. The van der Waals surface area contributed by atoms with Gasteiger partial charge in [0.15, 0.2) is 0 Å². The summed E-state index contributed by atoms with van der Waals surface area (Å²) in [6.45, 7) is 3.60. The molecule has 1 aromatic carbocycles. The van der Waals surface area contributed by atoms with Crippen molar-refractivity contribution in [3.63, 3.8) is 0 Å². The summed E-state index contributed by atoms with van der Waals surface area (Å²) in [4.78, 5) is 3.51. The van der Waals surface area contributed by atoms with Crippen molar-refractivity contribution in [1.29, 1.82) is 0 Å². The first-order valence-corrected chi connectivity index (χ1v) is 8.18. The molecule has 0 bridgehead atoms. The van der Waals surface area contributed by atoms with E-state index in [1.807, 2.05) is 31.3 Å². The average molecular weight is 334 g/mol. The van der Waals surface area contributed by atoms with Crippen LogP contribution in [-0.4, -0.2) is 22.1 Å². The highest BCUT2D eigenvalue weighted by atomic mass is 35.5. The fourth-order valence-electron chi connectivity index (χ4n) is 2.16. The van der Waals surface area contributed by atoms with Crippen molar-refractivity contribution in [2.45, 2.75) is 20.0 Å². The van der Waals surface area contributed by atoms with Gasteiger partial charge in [0.05, 0.1) is 17.1 Å².